The number of carbonyl (C=O) groups excluding carboxylic acids is 1. The molecular formula is C23H21BrN2O2S. The van der Waals surface area contributed by atoms with E-state index in [1.54, 1.807) is 11.2 Å². The fourth-order valence-corrected chi connectivity index (χ4v) is 4.57. The molecule has 0 aliphatic carbocycles. The second-order valence-electron chi connectivity index (χ2n) is 7.91. The van der Waals surface area contributed by atoms with Crippen LogP contribution in [0.4, 0.5) is 5.13 Å². The van der Waals surface area contributed by atoms with Gasteiger partial charge in [-0.05, 0) is 53.4 Å². The minimum atomic E-state index is -0.0972. The van der Waals surface area contributed by atoms with E-state index in [4.69, 9.17) is 9.40 Å². The molecule has 4 rings (SSSR count). The normalized spacial score (nSPS) is 11.7. The van der Waals surface area contributed by atoms with Gasteiger partial charge in [0.1, 0.15) is 5.76 Å². The molecule has 0 bridgehead atoms. The molecular weight excluding hydrogens is 448 g/mol. The first kappa shape index (κ1) is 19.9. The van der Waals surface area contributed by atoms with Crippen molar-refractivity contribution in [2.24, 2.45) is 0 Å². The SMILES string of the molecule is CC(C)(C)c1ccc(C(=O)N(Cc2ccco2)c2nc3ccc(Br)cc3s2)cc1. The maximum absolute atomic E-state index is 13.4. The molecule has 2 heterocycles. The van der Waals surface area contributed by atoms with Gasteiger partial charge >= 0.3 is 0 Å². The number of hydrogen-bond donors (Lipinski definition) is 0. The standard InChI is InChI=1S/C23H21BrN2O2S/c1-23(2,3)16-8-6-15(7-9-16)21(27)26(14-18-5-4-12-28-18)22-25-19-11-10-17(24)13-20(19)29-22/h4-13H,14H2,1-3H3. The summed E-state index contributed by atoms with van der Waals surface area (Å²) in [5.74, 6) is 0.616. The van der Waals surface area contributed by atoms with Crippen LogP contribution >= 0.6 is 27.3 Å². The van der Waals surface area contributed by atoms with E-state index in [1.165, 1.54) is 16.9 Å². The van der Waals surface area contributed by atoms with Crippen LogP contribution in [0.25, 0.3) is 10.2 Å². The molecule has 0 saturated heterocycles. The summed E-state index contributed by atoms with van der Waals surface area (Å²) in [7, 11) is 0. The average Bonchev–Trinajstić information content (AvgIpc) is 3.34. The highest BCUT2D eigenvalue weighted by atomic mass is 79.9. The summed E-state index contributed by atoms with van der Waals surface area (Å²) in [5.41, 5.74) is 2.73. The highest BCUT2D eigenvalue weighted by Crippen LogP contribution is 2.33. The van der Waals surface area contributed by atoms with Gasteiger partial charge in [0, 0.05) is 10.0 Å². The van der Waals surface area contributed by atoms with E-state index in [-0.39, 0.29) is 11.3 Å². The van der Waals surface area contributed by atoms with Crippen LogP contribution < -0.4 is 4.90 Å². The molecule has 0 saturated carbocycles. The van der Waals surface area contributed by atoms with Crippen LogP contribution in [-0.2, 0) is 12.0 Å². The Hall–Kier alpha value is -2.44. The largest absolute Gasteiger partial charge is 0.467 e. The van der Waals surface area contributed by atoms with Gasteiger partial charge in [0.15, 0.2) is 5.13 Å². The van der Waals surface area contributed by atoms with Gasteiger partial charge in [-0.25, -0.2) is 4.98 Å². The first-order valence-corrected chi connectivity index (χ1v) is 10.9. The molecule has 0 radical (unpaired) electrons. The van der Waals surface area contributed by atoms with Gasteiger partial charge in [-0.15, -0.1) is 0 Å². The molecule has 1 amide bonds. The van der Waals surface area contributed by atoms with Crippen molar-refractivity contribution in [1.82, 2.24) is 4.98 Å². The number of furan rings is 1. The Morgan fingerprint density at radius 1 is 1.14 bits per heavy atom. The number of thiazole rings is 1. The summed E-state index contributed by atoms with van der Waals surface area (Å²) in [6.07, 6.45) is 1.62. The zero-order valence-corrected chi connectivity index (χ0v) is 18.9. The highest BCUT2D eigenvalue weighted by Gasteiger charge is 2.23. The Bertz CT molecular complexity index is 1140. The van der Waals surface area contributed by atoms with Gasteiger partial charge in [-0.1, -0.05) is 60.2 Å². The number of carbonyl (C=O) groups is 1. The monoisotopic (exact) mass is 468 g/mol. The number of anilines is 1. The summed E-state index contributed by atoms with van der Waals surface area (Å²) in [6.45, 7) is 6.80. The van der Waals surface area contributed by atoms with Crippen molar-refractivity contribution in [3.63, 3.8) is 0 Å². The summed E-state index contributed by atoms with van der Waals surface area (Å²) in [6, 6.07) is 17.4. The van der Waals surface area contributed by atoms with E-state index in [0.29, 0.717) is 23.0 Å². The molecule has 6 heteroatoms. The summed E-state index contributed by atoms with van der Waals surface area (Å²) >= 11 is 4.99. The number of rotatable bonds is 4. The Morgan fingerprint density at radius 3 is 2.55 bits per heavy atom. The van der Waals surface area contributed by atoms with E-state index >= 15 is 0 Å². The number of aromatic nitrogens is 1. The molecule has 148 valence electrons. The van der Waals surface area contributed by atoms with Crippen LogP contribution in [0.15, 0.2) is 69.8 Å². The average molecular weight is 469 g/mol. The van der Waals surface area contributed by atoms with Crippen molar-refractivity contribution in [2.75, 3.05) is 4.90 Å². The molecule has 2 aromatic heterocycles. The summed E-state index contributed by atoms with van der Waals surface area (Å²) in [4.78, 5) is 19.8. The lowest BCUT2D eigenvalue weighted by atomic mass is 9.86. The highest BCUT2D eigenvalue weighted by molar-refractivity contribution is 9.10. The lowest BCUT2D eigenvalue weighted by Gasteiger charge is -2.21. The van der Waals surface area contributed by atoms with E-state index in [1.807, 2.05) is 54.6 Å². The van der Waals surface area contributed by atoms with E-state index in [0.717, 1.165) is 14.7 Å². The third-order valence-electron chi connectivity index (χ3n) is 4.71. The number of halogens is 1. The predicted molar refractivity (Wildman–Crippen MR) is 122 cm³/mol. The number of nitrogens with zero attached hydrogens (tertiary/aromatic N) is 2. The van der Waals surface area contributed by atoms with Gasteiger partial charge in [0.25, 0.3) is 5.91 Å². The lowest BCUT2D eigenvalue weighted by Crippen LogP contribution is -2.30. The maximum Gasteiger partial charge on any atom is 0.260 e. The first-order chi connectivity index (χ1) is 13.8. The van der Waals surface area contributed by atoms with Crippen molar-refractivity contribution in [3.8, 4) is 0 Å². The van der Waals surface area contributed by atoms with Crippen LogP contribution in [0.2, 0.25) is 0 Å². The topological polar surface area (TPSA) is 46.3 Å². The number of fused-ring (bicyclic) bond motifs is 1. The van der Waals surface area contributed by atoms with Gasteiger partial charge in [0.05, 0.1) is 23.0 Å². The lowest BCUT2D eigenvalue weighted by molar-refractivity contribution is 0.0983. The van der Waals surface area contributed by atoms with Crippen molar-refractivity contribution >= 4 is 48.5 Å². The van der Waals surface area contributed by atoms with E-state index in [2.05, 4.69) is 36.7 Å². The van der Waals surface area contributed by atoms with Crippen LogP contribution in [0, 0.1) is 0 Å². The molecule has 0 aliphatic rings. The molecule has 2 aromatic carbocycles. The molecule has 0 N–H and O–H groups in total. The molecule has 29 heavy (non-hydrogen) atoms. The molecule has 4 aromatic rings. The molecule has 4 nitrogen and oxygen atoms in total. The second kappa shape index (κ2) is 7.76. The maximum atomic E-state index is 13.4. The van der Waals surface area contributed by atoms with Crippen molar-refractivity contribution in [3.05, 3.63) is 82.2 Å². The molecule has 0 spiro atoms. The van der Waals surface area contributed by atoms with Crippen molar-refractivity contribution in [2.45, 2.75) is 32.7 Å². The first-order valence-electron chi connectivity index (χ1n) is 9.32. The Kier molecular flexibility index (Phi) is 5.32. The van der Waals surface area contributed by atoms with Crippen LogP contribution in [-0.4, -0.2) is 10.9 Å². The fourth-order valence-electron chi connectivity index (χ4n) is 3.06. The summed E-state index contributed by atoms with van der Waals surface area (Å²) in [5, 5.41) is 0.652. The second-order valence-corrected chi connectivity index (χ2v) is 9.83. The Labute approximate surface area is 182 Å². The number of hydrogen-bond acceptors (Lipinski definition) is 4. The van der Waals surface area contributed by atoms with Gasteiger partial charge in [-0.3, -0.25) is 9.69 Å². The Balaban J connectivity index is 1.72. The third kappa shape index (κ3) is 4.28. The van der Waals surface area contributed by atoms with Crippen LogP contribution in [0.1, 0.15) is 42.5 Å². The quantitative estimate of drug-likeness (QED) is 0.330. The van der Waals surface area contributed by atoms with Gasteiger partial charge in [-0.2, -0.15) is 0 Å². The van der Waals surface area contributed by atoms with Gasteiger partial charge < -0.3 is 4.42 Å². The number of amides is 1. The minimum absolute atomic E-state index is 0.0376. The predicted octanol–water partition coefficient (Wildman–Crippen LogP) is 6.80. The molecule has 0 unspecified atom stereocenters. The third-order valence-corrected chi connectivity index (χ3v) is 6.24. The molecule has 0 aliphatic heterocycles. The minimum Gasteiger partial charge on any atom is -0.467 e. The Morgan fingerprint density at radius 2 is 1.90 bits per heavy atom. The van der Waals surface area contributed by atoms with Crippen LogP contribution in [0.3, 0.4) is 0 Å². The fraction of sp³-hybridized carbons (Fsp3) is 0.217. The zero-order valence-electron chi connectivity index (χ0n) is 16.5. The van der Waals surface area contributed by atoms with E-state index < -0.39 is 0 Å². The van der Waals surface area contributed by atoms with Gasteiger partial charge in [0.2, 0.25) is 0 Å². The summed E-state index contributed by atoms with van der Waals surface area (Å²) < 4.78 is 7.51. The molecule has 0 atom stereocenters. The van der Waals surface area contributed by atoms with Crippen molar-refractivity contribution in [1.29, 1.82) is 0 Å². The van der Waals surface area contributed by atoms with Crippen molar-refractivity contribution < 1.29 is 9.21 Å². The van der Waals surface area contributed by atoms with E-state index in [9.17, 15) is 4.79 Å². The molecule has 0 fully saturated rings. The van der Waals surface area contributed by atoms with Crippen LogP contribution in [0.5, 0.6) is 0 Å². The smallest absolute Gasteiger partial charge is 0.260 e. The zero-order chi connectivity index (χ0) is 20.6. The number of benzene rings is 2.